The van der Waals surface area contributed by atoms with Gasteiger partial charge >= 0.3 is 0 Å². The smallest absolute Gasteiger partial charge is 0.138 e. The second-order valence-corrected chi connectivity index (χ2v) is 5.56. The summed E-state index contributed by atoms with van der Waals surface area (Å²) >= 11 is 0. The molecule has 22 heavy (non-hydrogen) atoms. The Hall–Kier alpha value is -2.47. The lowest BCUT2D eigenvalue weighted by molar-refractivity contribution is 0.356. The highest BCUT2D eigenvalue weighted by Crippen LogP contribution is 2.12. The molecule has 3 aromatic rings. The Morgan fingerprint density at radius 1 is 1.18 bits per heavy atom. The van der Waals surface area contributed by atoms with E-state index in [4.69, 9.17) is 0 Å². The number of fused-ring (bicyclic) bond motifs is 1. The summed E-state index contributed by atoms with van der Waals surface area (Å²) in [6.07, 6.45) is 5.72. The van der Waals surface area contributed by atoms with Crippen LogP contribution in [0, 0.1) is 0 Å². The maximum Gasteiger partial charge on any atom is 0.138 e. The molecule has 0 saturated heterocycles. The van der Waals surface area contributed by atoms with Crippen molar-refractivity contribution in [3.05, 3.63) is 60.4 Å². The summed E-state index contributed by atoms with van der Waals surface area (Å²) in [5, 5.41) is 12.4. The molecule has 0 saturated carbocycles. The van der Waals surface area contributed by atoms with E-state index in [9.17, 15) is 0 Å². The van der Waals surface area contributed by atoms with Crippen molar-refractivity contribution in [2.45, 2.75) is 32.0 Å². The van der Waals surface area contributed by atoms with E-state index in [0.29, 0.717) is 6.04 Å². The van der Waals surface area contributed by atoms with Gasteiger partial charge in [0.25, 0.3) is 0 Å². The number of aromatic nitrogens is 5. The third-order valence-electron chi connectivity index (χ3n) is 4.04. The molecule has 0 spiro atoms. The normalized spacial score (nSPS) is 17.4. The Kier molecular flexibility index (Phi) is 3.44. The van der Waals surface area contributed by atoms with Crippen LogP contribution in [0.2, 0.25) is 0 Å². The summed E-state index contributed by atoms with van der Waals surface area (Å²) < 4.78 is 3.90. The van der Waals surface area contributed by atoms with E-state index in [0.717, 1.165) is 43.1 Å². The van der Waals surface area contributed by atoms with E-state index < -0.39 is 0 Å². The minimum Gasteiger partial charge on any atom is -0.306 e. The average Bonchev–Trinajstić information content (AvgIpc) is 3.22. The Morgan fingerprint density at radius 3 is 3.00 bits per heavy atom. The van der Waals surface area contributed by atoms with Gasteiger partial charge in [-0.05, 0) is 24.6 Å². The summed E-state index contributed by atoms with van der Waals surface area (Å²) in [4.78, 5) is 4.25. The highest BCUT2D eigenvalue weighted by Gasteiger charge is 2.19. The molecule has 1 aliphatic rings. The fraction of sp³-hybridized carbons (Fsp3) is 0.312. The topological polar surface area (TPSA) is 60.6 Å². The fourth-order valence-corrected chi connectivity index (χ4v) is 2.83. The lowest BCUT2D eigenvalue weighted by Crippen LogP contribution is -2.37. The zero-order valence-corrected chi connectivity index (χ0v) is 12.3. The van der Waals surface area contributed by atoms with Gasteiger partial charge < -0.3 is 5.32 Å². The van der Waals surface area contributed by atoms with Crippen molar-refractivity contribution < 1.29 is 0 Å². The molecule has 0 aliphatic carbocycles. The second kappa shape index (κ2) is 5.73. The van der Waals surface area contributed by atoms with Crippen molar-refractivity contribution in [3.8, 4) is 5.69 Å². The standard InChI is InChI=1S/C16H18N6/c1-2-4-15(5-3-1)21-9-8-13(20-21)10-17-14-6-7-16-18-12-19-22(16)11-14/h1-5,8-9,12,14,17H,6-7,10-11H2/t14-/m0/s1. The minimum atomic E-state index is 0.427. The van der Waals surface area contributed by atoms with Crippen molar-refractivity contribution >= 4 is 0 Å². The van der Waals surface area contributed by atoms with Crippen molar-refractivity contribution in [1.82, 2.24) is 29.9 Å². The lowest BCUT2D eigenvalue weighted by Gasteiger charge is -2.23. The number of nitrogens with one attached hydrogen (secondary N) is 1. The molecule has 6 nitrogen and oxygen atoms in total. The van der Waals surface area contributed by atoms with E-state index in [1.54, 1.807) is 6.33 Å². The molecule has 1 aliphatic heterocycles. The number of rotatable bonds is 4. The predicted molar refractivity (Wildman–Crippen MR) is 82.5 cm³/mol. The zero-order valence-electron chi connectivity index (χ0n) is 12.3. The molecule has 6 heteroatoms. The average molecular weight is 294 g/mol. The van der Waals surface area contributed by atoms with Crippen LogP contribution in [-0.2, 0) is 19.5 Å². The molecule has 112 valence electrons. The van der Waals surface area contributed by atoms with Gasteiger partial charge in [-0.1, -0.05) is 18.2 Å². The zero-order chi connectivity index (χ0) is 14.8. The molecule has 0 amide bonds. The summed E-state index contributed by atoms with van der Waals surface area (Å²) in [5.41, 5.74) is 2.13. The van der Waals surface area contributed by atoms with Gasteiger partial charge in [-0.15, -0.1) is 0 Å². The maximum absolute atomic E-state index is 4.62. The summed E-state index contributed by atoms with van der Waals surface area (Å²) in [6.45, 7) is 1.66. The number of aryl methyl sites for hydroxylation is 1. The van der Waals surface area contributed by atoms with Crippen molar-refractivity contribution in [2.75, 3.05) is 0 Å². The van der Waals surface area contributed by atoms with Crippen LogP contribution in [-0.4, -0.2) is 30.6 Å². The number of nitrogens with zero attached hydrogens (tertiary/aromatic N) is 5. The Bertz CT molecular complexity index is 745. The SMILES string of the molecule is c1ccc(-n2ccc(CN[C@H]3CCc4ncnn4C3)n2)cc1. The van der Waals surface area contributed by atoms with Gasteiger partial charge in [-0.2, -0.15) is 10.2 Å². The van der Waals surface area contributed by atoms with Gasteiger partial charge in [-0.25, -0.2) is 14.3 Å². The summed E-state index contributed by atoms with van der Waals surface area (Å²) in [6, 6.07) is 12.6. The first-order valence-corrected chi connectivity index (χ1v) is 7.58. The van der Waals surface area contributed by atoms with E-state index >= 15 is 0 Å². The molecule has 2 aromatic heterocycles. The summed E-state index contributed by atoms with van der Waals surface area (Å²) in [5.74, 6) is 1.09. The molecule has 1 aromatic carbocycles. The highest BCUT2D eigenvalue weighted by atomic mass is 15.3. The van der Waals surface area contributed by atoms with Crippen LogP contribution in [0.3, 0.4) is 0 Å². The van der Waals surface area contributed by atoms with Gasteiger partial charge in [0.15, 0.2) is 0 Å². The molecule has 1 N–H and O–H groups in total. The van der Waals surface area contributed by atoms with Gasteiger partial charge in [0.2, 0.25) is 0 Å². The van der Waals surface area contributed by atoms with E-state index in [2.05, 4.69) is 38.7 Å². The van der Waals surface area contributed by atoms with Crippen LogP contribution >= 0.6 is 0 Å². The molecule has 1 atom stereocenters. The third kappa shape index (κ3) is 2.65. The summed E-state index contributed by atoms with van der Waals surface area (Å²) in [7, 11) is 0. The van der Waals surface area contributed by atoms with Gasteiger partial charge in [0, 0.05) is 25.2 Å². The number of para-hydroxylation sites is 1. The van der Waals surface area contributed by atoms with Gasteiger partial charge in [0.05, 0.1) is 17.9 Å². The Morgan fingerprint density at radius 2 is 2.09 bits per heavy atom. The Balaban J connectivity index is 1.38. The molecule has 0 unspecified atom stereocenters. The van der Waals surface area contributed by atoms with Crippen LogP contribution in [0.4, 0.5) is 0 Å². The second-order valence-electron chi connectivity index (χ2n) is 5.56. The van der Waals surface area contributed by atoms with Crippen LogP contribution < -0.4 is 5.32 Å². The highest BCUT2D eigenvalue weighted by molar-refractivity contribution is 5.30. The molecular formula is C16H18N6. The first kappa shape index (κ1) is 13.2. The quantitative estimate of drug-likeness (QED) is 0.793. The number of hydrogen-bond donors (Lipinski definition) is 1. The monoisotopic (exact) mass is 294 g/mol. The van der Waals surface area contributed by atoms with Crippen LogP contribution in [0.25, 0.3) is 5.69 Å². The maximum atomic E-state index is 4.62. The predicted octanol–water partition coefficient (Wildman–Crippen LogP) is 1.57. The van der Waals surface area contributed by atoms with Crippen molar-refractivity contribution in [2.24, 2.45) is 0 Å². The molecule has 3 heterocycles. The Labute approximate surface area is 128 Å². The van der Waals surface area contributed by atoms with Gasteiger partial charge in [-0.3, -0.25) is 0 Å². The van der Waals surface area contributed by atoms with Crippen LogP contribution in [0.5, 0.6) is 0 Å². The van der Waals surface area contributed by atoms with E-state index in [1.165, 1.54) is 0 Å². The van der Waals surface area contributed by atoms with E-state index in [-0.39, 0.29) is 0 Å². The number of benzene rings is 1. The molecule has 0 bridgehead atoms. The molecule has 4 rings (SSSR count). The van der Waals surface area contributed by atoms with E-state index in [1.807, 2.05) is 33.8 Å². The van der Waals surface area contributed by atoms with Crippen LogP contribution in [0.1, 0.15) is 17.9 Å². The molecule has 0 radical (unpaired) electrons. The van der Waals surface area contributed by atoms with Crippen molar-refractivity contribution in [1.29, 1.82) is 0 Å². The minimum absolute atomic E-state index is 0.427. The molecule has 0 fully saturated rings. The van der Waals surface area contributed by atoms with Crippen LogP contribution in [0.15, 0.2) is 48.9 Å². The lowest BCUT2D eigenvalue weighted by atomic mass is 10.1. The first-order valence-electron chi connectivity index (χ1n) is 7.58. The third-order valence-corrected chi connectivity index (χ3v) is 4.04. The van der Waals surface area contributed by atoms with Gasteiger partial charge in [0.1, 0.15) is 12.2 Å². The fourth-order valence-electron chi connectivity index (χ4n) is 2.83. The van der Waals surface area contributed by atoms with Crippen molar-refractivity contribution in [3.63, 3.8) is 0 Å². The largest absolute Gasteiger partial charge is 0.306 e. The number of hydrogen-bond acceptors (Lipinski definition) is 4. The first-order chi connectivity index (χ1) is 10.9. The molecular weight excluding hydrogens is 276 g/mol.